The van der Waals surface area contributed by atoms with Gasteiger partial charge in [0.15, 0.2) is 0 Å². The Morgan fingerprint density at radius 2 is 2.11 bits per heavy atom. The smallest absolute Gasteiger partial charge is 0.374 e. The maximum absolute atomic E-state index is 10.9. The van der Waals surface area contributed by atoms with Crippen molar-refractivity contribution in [3.63, 3.8) is 0 Å². The fourth-order valence-corrected chi connectivity index (χ4v) is 1.61. The molecule has 6 heteroatoms. The minimum Gasteiger partial charge on any atom is -0.481 e. The highest BCUT2D eigenvalue weighted by atomic mass is 35.5. The van der Waals surface area contributed by atoms with Crippen molar-refractivity contribution in [1.29, 1.82) is 0 Å². The zero-order chi connectivity index (χ0) is 13.1. The summed E-state index contributed by atoms with van der Waals surface area (Å²) in [5.74, 6) is -1.33. The van der Waals surface area contributed by atoms with Crippen LogP contribution in [0.1, 0.15) is 10.6 Å². The molecule has 0 atom stereocenters. The van der Waals surface area contributed by atoms with Crippen molar-refractivity contribution < 1.29 is 14.6 Å². The average Bonchev–Trinajstić information content (AvgIpc) is 2.38. The van der Waals surface area contributed by atoms with E-state index in [9.17, 15) is 4.79 Å². The highest BCUT2D eigenvalue weighted by Gasteiger charge is 2.12. The molecule has 5 nitrogen and oxygen atoms in total. The van der Waals surface area contributed by atoms with Crippen molar-refractivity contribution >= 4 is 17.6 Å². The molecule has 0 aliphatic carbocycles. The van der Waals surface area contributed by atoms with E-state index in [0.29, 0.717) is 16.3 Å². The molecule has 18 heavy (non-hydrogen) atoms. The van der Waals surface area contributed by atoms with Crippen molar-refractivity contribution in [1.82, 2.24) is 9.97 Å². The van der Waals surface area contributed by atoms with Gasteiger partial charge in [0.2, 0.25) is 11.7 Å². The zero-order valence-corrected chi connectivity index (χ0v) is 10.2. The predicted molar refractivity (Wildman–Crippen MR) is 66.0 cm³/mol. The Hall–Kier alpha value is -2.14. The van der Waals surface area contributed by atoms with Gasteiger partial charge in [0.05, 0.1) is 12.8 Å². The molecule has 1 heterocycles. The number of benzene rings is 1. The molecule has 2 rings (SSSR count). The Bertz CT molecular complexity index is 602. The van der Waals surface area contributed by atoms with Crippen molar-refractivity contribution in [3.8, 4) is 17.1 Å². The van der Waals surface area contributed by atoms with E-state index in [2.05, 4.69) is 9.97 Å². The van der Waals surface area contributed by atoms with Crippen molar-refractivity contribution in [2.45, 2.75) is 0 Å². The molecule has 0 unspecified atom stereocenters. The van der Waals surface area contributed by atoms with Crippen LogP contribution in [0.5, 0.6) is 5.88 Å². The van der Waals surface area contributed by atoms with Gasteiger partial charge in [-0.3, -0.25) is 0 Å². The normalized spacial score (nSPS) is 10.1. The van der Waals surface area contributed by atoms with Crippen LogP contribution in [-0.2, 0) is 0 Å². The number of hydrogen-bond donors (Lipinski definition) is 1. The third-order valence-corrected chi connectivity index (χ3v) is 2.46. The molecule has 0 bridgehead atoms. The summed E-state index contributed by atoms with van der Waals surface area (Å²) in [6.45, 7) is 0. The number of aromatic nitrogens is 2. The molecule has 0 saturated carbocycles. The first-order valence-electron chi connectivity index (χ1n) is 5.02. The van der Waals surface area contributed by atoms with Crippen LogP contribution in [0.4, 0.5) is 0 Å². The topological polar surface area (TPSA) is 72.3 Å². The Morgan fingerprint density at radius 1 is 1.33 bits per heavy atom. The molecule has 0 saturated heterocycles. The average molecular weight is 265 g/mol. The molecule has 0 fully saturated rings. The SMILES string of the molecule is COc1cc(-c2cccc(Cl)c2)nc(C(=O)O)n1. The summed E-state index contributed by atoms with van der Waals surface area (Å²) in [6.07, 6.45) is 0. The van der Waals surface area contributed by atoms with E-state index >= 15 is 0 Å². The summed E-state index contributed by atoms with van der Waals surface area (Å²) >= 11 is 5.88. The second-order valence-corrected chi connectivity index (χ2v) is 3.87. The van der Waals surface area contributed by atoms with Crippen LogP contribution in [0, 0.1) is 0 Å². The first-order chi connectivity index (χ1) is 8.60. The molecule has 0 aliphatic rings. The maximum atomic E-state index is 10.9. The molecule has 1 aromatic carbocycles. The molecular formula is C12H9ClN2O3. The van der Waals surface area contributed by atoms with Gasteiger partial charge < -0.3 is 9.84 Å². The predicted octanol–water partition coefficient (Wildman–Crippen LogP) is 2.50. The molecule has 2 aromatic rings. The molecule has 0 spiro atoms. The number of methoxy groups -OCH3 is 1. The van der Waals surface area contributed by atoms with E-state index in [1.54, 1.807) is 30.3 Å². The Morgan fingerprint density at radius 3 is 2.72 bits per heavy atom. The van der Waals surface area contributed by atoms with E-state index in [-0.39, 0.29) is 11.7 Å². The number of hydrogen-bond acceptors (Lipinski definition) is 4. The molecule has 0 aliphatic heterocycles. The van der Waals surface area contributed by atoms with Gasteiger partial charge in [0.1, 0.15) is 0 Å². The zero-order valence-electron chi connectivity index (χ0n) is 9.42. The van der Waals surface area contributed by atoms with Crippen LogP contribution < -0.4 is 4.74 Å². The Balaban J connectivity index is 2.56. The van der Waals surface area contributed by atoms with Gasteiger partial charge >= 0.3 is 5.97 Å². The lowest BCUT2D eigenvalue weighted by atomic mass is 10.1. The lowest BCUT2D eigenvalue weighted by molar-refractivity contribution is 0.0682. The third kappa shape index (κ3) is 2.57. The quantitative estimate of drug-likeness (QED) is 0.922. The summed E-state index contributed by atoms with van der Waals surface area (Å²) in [5, 5.41) is 9.47. The summed E-state index contributed by atoms with van der Waals surface area (Å²) in [7, 11) is 1.41. The first-order valence-corrected chi connectivity index (χ1v) is 5.40. The van der Waals surface area contributed by atoms with Gasteiger partial charge in [0, 0.05) is 16.7 Å². The van der Waals surface area contributed by atoms with E-state index in [4.69, 9.17) is 21.4 Å². The lowest BCUT2D eigenvalue weighted by Crippen LogP contribution is -2.06. The summed E-state index contributed by atoms with van der Waals surface area (Å²) in [4.78, 5) is 18.6. The van der Waals surface area contributed by atoms with Crippen molar-refractivity contribution in [2.75, 3.05) is 7.11 Å². The van der Waals surface area contributed by atoms with Crippen LogP contribution in [0.2, 0.25) is 5.02 Å². The lowest BCUT2D eigenvalue weighted by Gasteiger charge is -2.05. The van der Waals surface area contributed by atoms with Crippen LogP contribution in [0.15, 0.2) is 30.3 Å². The maximum Gasteiger partial charge on any atom is 0.374 e. The summed E-state index contributed by atoms with van der Waals surface area (Å²) < 4.78 is 4.95. The summed E-state index contributed by atoms with van der Waals surface area (Å²) in [6, 6.07) is 8.50. The van der Waals surface area contributed by atoms with Gasteiger partial charge in [-0.05, 0) is 12.1 Å². The van der Waals surface area contributed by atoms with Crippen LogP contribution in [-0.4, -0.2) is 28.2 Å². The molecule has 0 radical (unpaired) electrons. The van der Waals surface area contributed by atoms with Crippen LogP contribution in [0.3, 0.4) is 0 Å². The number of rotatable bonds is 3. The van der Waals surface area contributed by atoms with Gasteiger partial charge in [-0.1, -0.05) is 23.7 Å². The number of ether oxygens (including phenoxy) is 1. The van der Waals surface area contributed by atoms with Gasteiger partial charge in [-0.2, -0.15) is 4.98 Å². The fourth-order valence-electron chi connectivity index (χ4n) is 1.42. The van der Waals surface area contributed by atoms with Gasteiger partial charge in [-0.25, -0.2) is 9.78 Å². The molecule has 92 valence electrons. The molecule has 1 N–H and O–H groups in total. The molecule has 0 amide bonds. The van der Waals surface area contributed by atoms with Crippen LogP contribution in [0.25, 0.3) is 11.3 Å². The monoisotopic (exact) mass is 264 g/mol. The molecular weight excluding hydrogens is 256 g/mol. The number of carboxylic acids is 1. The Kier molecular flexibility index (Phi) is 3.43. The van der Waals surface area contributed by atoms with Gasteiger partial charge in [0.25, 0.3) is 0 Å². The second kappa shape index (κ2) is 5.01. The standard InChI is InChI=1S/C12H9ClN2O3/c1-18-10-6-9(14-11(15-10)12(16)17)7-3-2-4-8(13)5-7/h2-6H,1H3,(H,16,17). The van der Waals surface area contributed by atoms with E-state index in [0.717, 1.165) is 0 Å². The number of halogens is 1. The number of carboxylic acid groups (broad SMARTS) is 1. The van der Waals surface area contributed by atoms with Crippen molar-refractivity contribution in [3.05, 3.63) is 41.2 Å². The number of nitrogens with zero attached hydrogens (tertiary/aromatic N) is 2. The Labute approximate surface area is 108 Å². The van der Waals surface area contributed by atoms with Gasteiger partial charge in [-0.15, -0.1) is 0 Å². The second-order valence-electron chi connectivity index (χ2n) is 3.43. The highest BCUT2D eigenvalue weighted by molar-refractivity contribution is 6.30. The van der Waals surface area contributed by atoms with Crippen LogP contribution >= 0.6 is 11.6 Å². The van der Waals surface area contributed by atoms with Crippen molar-refractivity contribution in [2.24, 2.45) is 0 Å². The molecule has 1 aromatic heterocycles. The number of aromatic carboxylic acids is 1. The highest BCUT2D eigenvalue weighted by Crippen LogP contribution is 2.23. The van der Waals surface area contributed by atoms with E-state index in [1.165, 1.54) is 7.11 Å². The third-order valence-electron chi connectivity index (χ3n) is 2.22. The minimum absolute atomic E-state index is 0.192. The summed E-state index contributed by atoms with van der Waals surface area (Å²) in [5.41, 5.74) is 1.15. The first kappa shape index (κ1) is 12.3. The van der Waals surface area contributed by atoms with E-state index < -0.39 is 5.97 Å². The fraction of sp³-hybridized carbons (Fsp3) is 0.0833. The van der Waals surface area contributed by atoms with E-state index in [1.807, 2.05) is 0 Å². The number of carbonyl (C=O) groups is 1. The minimum atomic E-state index is -1.21. The largest absolute Gasteiger partial charge is 0.481 e.